The number of benzene rings is 3. The lowest BCUT2D eigenvalue weighted by Gasteiger charge is -2.10. The second-order valence-electron chi connectivity index (χ2n) is 4.96. The molecule has 22 heavy (non-hydrogen) atoms. The van der Waals surface area contributed by atoms with Crippen LogP contribution in [-0.2, 0) is 0 Å². The Morgan fingerprint density at radius 1 is 0.727 bits per heavy atom. The van der Waals surface area contributed by atoms with Crippen LogP contribution < -0.4 is 0 Å². The Bertz CT molecular complexity index is 790. The molecule has 0 radical (unpaired) electrons. The van der Waals surface area contributed by atoms with Gasteiger partial charge in [0.15, 0.2) is 0 Å². The maximum absolute atomic E-state index is 14.2. The molecule has 108 valence electrons. The molecule has 0 unspecified atom stereocenters. The predicted molar refractivity (Wildman–Crippen MR) is 86.2 cm³/mol. The van der Waals surface area contributed by atoms with Crippen molar-refractivity contribution in [2.24, 2.45) is 0 Å². The van der Waals surface area contributed by atoms with Crippen molar-refractivity contribution in [1.29, 1.82) is 0 Å². The fraction of sp³-hybridized carbons (Fsp3) is 0. The Kier molecular flexibility index (Phi) is 4.10. The molecule has 3 rings (SSSR count). The highest BCUT2D eigenvalue weighted by atomic mass is 19.1. The molecule has 0 spiro atoms. The van der Waals surface area contributed by atoms with Crippen LogP contribution in [0.3, 0.4) is 0 Å². The van der Waals surface area contributed by atoms with E-state index in [2.05, 4.69) is 0 Å². The zero-order chi connectivity index (χ0) is 15.4. The summed E-state index contributed by atoms with van der Waals surface area (Å²) in [6, 6.07) is 22.6. The van der Waals surface area contributed by atoms with E-state index in [4.69, 9.17) is 0 Å². The summed E-state index contributed by atoms with van der Waals surface area (Å²) >= 11 is 0. The molecular weight excluding hydrogens is 278 g/mol. The van der Waals surface area contributed by atoms with Crippen LogP contribution in [0.1, 0.15) is 16.7 Å². The Balaban J connectivity index is 2.20. The fourth-order valence-electron chi connectivity index (χ4n) is 2.35. The lowest BCUT2D eigenvalue weighted by Crippen LogP contribution is -1.94. The van der Waals surface area contributed by atoms with Gasteiger partial charge in [-0.2, -0.15) is 0 Å². The van der Waals surface area contributed by atoms with E-state index in [-0.39, 0.29) is 5.56 Å². The van der Waals surface area contributed by atoms with E-state index < -0.39 is 11.6 Å². The second-order valence-corrected chi connectivity index (χ2v) is 4.96. The lowest BCUT2D eigenvalue weighted by molar-refractivity contribution is 0.597. The molecule has 0 heterocycles. The molecule has 3 aromatic rings. The third kappa shape index (κ3) is 3.12. The number of hydrogen-bond acceptors (Lipinski definition) is 0. The van der Waals surface area contributed by atoms with Gasteiger partial charge in [0.05, 0.1) is 0 Å². The number of rotatable bonds is 3. The molecule has 0 saturated heterocycles. The highest BCUT2D eigenvalue weighted by Crippen LogP contribution is 2.28. The van der Waals surface area contributed by atoms with Gasteiger partial charge in [0.25, 0.3) is 0 Å². The second kappa shape index (κ2) is 6.35. The van der Waals surface area contributed by atoms with E-state index >= 15 is 0 Å². The van der Waals surface area contributed by atoms with E-state index in [0.717, 1.165) is 23.3 Å². The van der Waals surface area contributed by atoms with Crippen molar-refractivity contribution in [3.63, 3.8) is 0 Å². The maximum atomic E-state index is 14.2. The summed E-state index contributed by atoms with van der Waals surface area (Å²) in [6.07, 6.45) is 1.87. The zero-order valence-corrected chi connectivity index (χ0v) is 11.8. The minimum atomic E-state index is -0.453. The van der Waals surface area contributed by atoms with Crippen molar-refractivity contribution < 1.29 is 8.78 Å². The summed E-state index contributed by atoms with van der Waals surface area (Å²) < 4.78 is 27.8. The minimum Gasteiger partial charge on any atom is -0.207 e. The maximum Gasteiger partial charge on any atom is 0.131 e. The molecule has 0 aliphatic rings. The first-order valence-electron chi connectivity index (χ1n) is 7.01. The van der Waals surface area contributed by atoms with Crippen LogP contribution in [0.25, 0.3) is 11.6 Å². The van der Waals surface area contributed by atoms with Gasteiger partial charge in [-0.1, -0.05) is 60.7 Å². The highest BCUT2D eigenvalue weighted by molar-refractivity contribution is 5.91. The molecule has 0 aliphatic carbocycles. The summed E-state index contributed by atoms with van der Waals surface area (Å²) in [5.41, 5.74) is 2.69. The number of hydrogen-bond donors (Lipinski definition) is 0. The molecule has 0 N–H and O–H groups in total. The van der Waals surface area contributed by atoms with Crippen molar-refractivity contribution in [2.45, 2.75) is 0 Å². The smallest absolute Gasteiger partial charge is 0.131 e. The first-order valence-corrected chi connectivity index (χ1v) is 7.01. The molecular formula is C20H14F2. The molecule has 0 aliphatic heterocycles. The summed E-state index contributed by atoms with van der Waals surface area (Å²) in [7, 11) is 0. The van der Waals surface area contributed by atoms with E-state index in [1.54, 1.807) is 0 Å². The van der Waals surface area contributed by atoms with Crippen molar-refractivity contribution in [3.8, 4) is 0 Å². The molecule has 0 amide bonds. The fourth-order valence-corrected chi connectivity index (χ4v) is 2.35. The molecule has 3 aromatic carbocycles. The van der Waals surface area contributed by atoms with E-state index in [1.807, 2.05) is 66.7 Å². The van der Waals surface area contributed by atoms with Crippen molar-refractivity contribution >= 4 is 11.6 Å². The van der Waals surface area contributed by atoms with Crippen molar-refractivity contribution in [2.75, 3.05) is 0 Å². The van der Waals surface area contributed by atoms with E-state index in [9.17, 15) is 8.78 Å². The Hall–Kier alpha value is -2.74. The van der Waals surface area contributed by atoms with Crippen LogP contribution in [0, 0.1) is 11.6 Å². The van der Waals surface area contributed by atoms with Crippen LogP contribution in [-0.4, -0.2) is 0 Å². The quantitative estimate of drug-likeness (QED) is 0.555. The minimum absolute atomic E-state index is 0.259. The van der Waals surface area contributed by atoms with Crippen LogP contribution in [0.2, 0.25) is 0 Å². The van der Waals surface area contributed by atoms with Crippen LogP contribution >= 0.6 is 0 Å². The Morgan fingerprint density at radius 3 is 2.05 bits per heavy atom. The van der Waals surface area contributed by atoms with Gasteiger partial charge in [-0.05, 0) is 41.0 Å². The molecule has 0 bridgehead atoms. The van der Waals surface area contributed by atoms with Gasteiger partial charge in [0, 0.05) is 5.56 Å². The van der Waals surface area contributed by atoms with Crippen molar-refractivity contribution in [3.05, 3.63) is 107 Å². The van der Waals surface area contributed by atoms with Crippen molar-refractivity contribution in [1.82, 2.24) is 0 Å². The summed E-state index contributed by atoms with van der Waals surface area (Å²) in [5, 5.41) is 0. The predicted octanol–water partition coefficient (Wildman–Crippen LogP) is 5.55. The van der Waals surface area contributed by atoms with Crippen LogP contribution in [0.15, 0.2) is 78.9 Å². The molecule has 0 fully saturated rings. The molecule has 0 nitrogen and oxygen atoms in total. The van der Waals surface area contributed by atoms with Gasteiger partial charge in [-0.3, -0.25) is 0 Å². The Labute approximate surface area is 128 Å². The lowest BCUT2D eigenvalue weighted by atomic mass is 9.95. The summed E-state index contributed by atoms with van der Waals surface area (Å²) in [6.45, 7) is 0. The highest BCUT2D eigenvalue weighted by Gasteiger charge is 2.11. The van der Waals surface area contributed by atoms with Gasteiger partial charge in [-0.25, -0.2) is 8.78 Å². The average molecular weight is 292 g/mol. The topological polar surface area (TPSA) is 0 Å². The Morgan fingerprint density at radius 2 is 1.36 bits per heavy atom. The third-order valence-corrected chi connectivity index (χ3v) is 3.41. The van der Waals surface area contributed by atoms with Crippen LogP contribution in [0.4, 0.5) is 8.78 Å². The van der Waals surface area contributed by atoms with E-state index in [0.29, 0.717) is 5.57 Å². The molecule has 0 atom stereocenters. The molecule has 0 aromatic heterocycles. The van der Waals surface area contributed by atoms with Gasteiger partial charge in [0.2, 0.25) is 0 Å². The number of halogens is 2. The monoisotopic (exact) mass is 292 g/mol. The first kappa shape index (κ1) is 14.2. The zero-order valence-electron chi connectivity index (χ0n) is 11.8. The normalized spacial score (nSPS) is 11.5. The summed E-state index contributed by atoms with van der Waals surface area (Å²) in [4.78, 5) is 0. The van der Waals surface area contributed by atoms with Crippen LogP contribution in [0.5, 0.6) is 0 Å². The van der Waals surface area contributed by atoms with Gasteiger partial charge in [0.1, 0.15) is 11.6 Å². The standard InChI is InChI=1S/C20H14F2/c21-17-11-12-20(22)19(14-17)18(16-9-5-2-6-10-16)13-15-7-3-1-4-8-15/h1-14H. The first-order chi connectivity index (χ1) is 10.7. The largest absolute Gasteiger partial charge is 0.207 e. The average Bonchev–Trinajstić information content (AvgIpc) is 2.57. The SMILES string of the molecule is Fc1ccc(F)c(C(=Cc2ccccc2)c2ccccc2)c1. The third-order valence-electron chi connectivity index (χ3n) is 3.41. The van der Waals surface area contributed by atoms with Gasteiger partial charge in [-0.15, -0.1) is 0 Å². The van der Waals surface area contributed by atoms with Gasteiger partial charge < -0.3 is 0 Å². The molecule has 0 saturated carbocycles. The molecule has 2 heteroatoms. The summed E-state index contributed by atoms with van der Waals surface area (Å²) in [5.74, 6) is -0.890. The van der Waals surface area contributed by atoms with Gasteiger partial charge >= 0.3 is 0 Å². The van der Waals surface area contributed by atoms with E-state index in [1.165, 1.54) is 6.07 Å².